The number of carbonyl (C=O) groups is 1. The summed E-state index contributed by atoms with van der Waals surface area (Å²) < 4.78 is 20.1. The summed E-state index contributed by atoms with van der Waals surface area (Å²) in [5, 5.41) is 19.0. The Morgan fingerprint density at radius 3 is 3.00 bits per heavy atom. The minimum absolute atomic E-state index is 0.107. The van der Waals surface area contributed by atoms with E-state index in [-0.39, 0.29) is 12.1 Å². The standard InChI is InChI=1S/C15H19FN4O3/c1-23-7-6-20-10-11(8-18-20)19-15(22)17-9-14(21)12-4-2-3-5-13(12)16/h2-5,8,10,14,21H,6-7,9H2,1H3,(H2,17,19,22)/t14-/m0/s1. The molecule has 1 heterocycles. The van der Waals surface area contributed by atoms with Gasteiger partial charge in [-0.25, -0.2) is 9.18 Å². The third-order valence-electron chi connectivity index (χ3n) is 3.14. The number of aliphatic hydroxyl groups excluding tert-OH is 1. The second-order valence-electron chi connectivity index (χ2n) is 4.86. The van der Waals surface area contributed by atoms with E-state index in [0.29, 0.717) is 18.8 Å². The molecule has 124 valence electrons. The number of hydrogen-bond donors (Lipinski definition) is 3. The monoisotopic (exact) mass is 322 g/mol. The Labute approximate surface area is 133 Å². The molecule has 8 heteroatoms. The summed E-state index contributed by atoms with van der Waals surface area (Å²) in [5.41, 5.74) is 0.652. The Kier molecular flexibility index (Phi) is 6.07. The van der Waals surface area contributed by atoms with Crippen LogP contribution in [0.5, 0.6) is 0 Å². The zero-order valence-corrected chi connectivity index (χ0v) is 12.7. The van der Waals surface area contributed by atoms with Crippen LogP contribution in [0.3, 0.4) is 0 Å². The first kappa shape index (κ1) is 16.9. The molecule has 0 aliphatic rings. The van der Waals surface area contributed by atoms with E-state index in [1.54, 1.807) is 24.1 Å². The van der Waals surface area contributed by atoms with Crippen LogP contribution >= 0.6 is 0 Å². The van der Waals surface area contributed by atoms with Gasteiger partial charge in [-0.1, -0.05) is 18.2 Å². The average molecular weight is 322 g/mol. The molecule has 2 rings (SSSR count). The number of amides is 2. The summed E-state index contributed by atoms with van der Waals surface area (Å²) in [6.07, 6.45) is 2.04. The highest BCUT2D eigenvalue weighted by molar-refractivity contribution is 5.88. The maximum atomic E-state index is 13.5. The number of anilines is 1. The molecule has 0 spiro atoms. The minimum atomic E-state index is -1.12. The smallest absolute Gasteiger partial charge is 0.319 e. The first-order valence-electron chi connectivity index (χ1n) is 7.09. The van der Waals surface area contributed by atoms with Gasteiger partial charge in [0.05, 0.1) is 31.1 Å². The molecule has 0 aliphatic heterocycles. The molecule has 3 N–H and O–H groups in total. The van der Waals surface area contributed by atoms with Crippen LogP contribution in [0.25, 0.3) is 0 Å². The highest BCUT2D eigenvalue weighted by Gasteiger charge is 2.13. The van der Waals surface area contributed by atoms with Crippen LogP contribution in [0.4, 0.5) is 14.9 Å². The van der Waals surface area contributed by atoms with Crippen molar-refractivity contribution in [2.45, 2.75) is 12.6 Å². The Hall–Kier alpha value is -2.45. The van der Waals surface area contributed by atoms with Gasteiger partial charge in [-0.2, -0.15) is 5.10 Å². The van der Waals surface area contributed by atoms with Crippen LogP contribution in [-0.2, 0) is 11.3 Å². The third kappa shape index (κ3) is 5.04. The first-order chi connectivity index (χ1) is 11.1. The molecule has 0 aliphatic carbocycles. The van der Waals surface area contributed by atoms with E-state index in [1.165, 1.54) is 24.4 Å². The summed E-state index contributed by atoms with van der Waals surface area (Å²) >= 11 is 0. The van der Waals surface area contributed by atoms with Crippen LogP contribution in [0.15, 0.2) is 36.7 Å². The van der Waals surface area contributed by atoms with Crippen molar-refractivity contribution < 1.29 is 19.0 Å². The van der Waals surface area contributed by atoms with Crippen molar-refractivity contribution >= 4 is 11.7 Å². The molecule has 1 aromatic heterocycles. The molecule has 1 aromatic carbocycles. The SMILES string of the molecule is COCCn1cc(NC(=O)NC[C@H](O)c2ccccc2F)cn1. The number of hydrogen-bond acceptors (Lipinski definition) is 4. The highest BCUT2D eigenvalue weighted by Crippen LogP contribution is 2.15. The summed E-state index contributed by atoms with van der Waals surface area (Å²) in [6, 6.07) is 5.38. The molecular formula is C15H19FN4O3. The Balaban J connectivity index is 1.81. The van der Waals surface area contributed by atoms with Crippen molar-refractivity contribution in [1.29, 1.82) is 0 Å². The van der Waals surface area contributed by atoms with Gasteiger partial charge in [-0.15, -0.1) is 0 Å². The van der Waals surface area contributed by atoms with E-state index in [9.17, 15) is 14.3 Å². The predicted octanol–water partition coefficient (Wildman–Crippen LogP) is 1.52. The zero-order chi connectivity index (χ0) is 16.7. The number of halogens is 1. The number of urea groups is 1. The molecule has 23 heavy (non-hydrogen) atoms. The molecule has 0 saturated heterocycles. The van der Waals surface area contributed by atoms with E-state index in [4.69, 9.17) is 4.74 Å². The van der Waals surface area contributed by atoms with Crippen molar-refractivity contribution in [3.8, 4) is 0 Å². The molecule has 0 saturated carbocycles. The number of carbonyl (C=O) groups excluding carboxylic acids is 1. The van der Waals surface area contributed by atoms with Crippen molar-refractivity contribution in [2.24, 2.45) is 0 Å². The molecule has 1 atom stereocenters. The van der Waals surface area contributed by atoms with Crippen molar-refractivity contribution in [3.63, 3.8) is 0 Å². The molecule has 0 fully saturated rings. The van der Waals surface area contributed by atoms with Crippen molar-refractivity contribution in [3.05, 3.63) is 48.0 Å². The van der Waals surface area contributed by atoms with Crippen molar-refractivity contribution in [2.75, 3.05) is 25.6 Å². The maximum absolute atomic E-state index is 13.5. The Bertz CT molecular complexity index is 647. The Morgan fingerprint density at radius 1 is 1.48 bits per heavy atom. The van der Waals surface area contributed by atoms with E-state index in [0.717, 1.165) is 0 Å². The molecule has 2 aromatic rings. The van der Waals surface area contributed by atoms with E-state index >= 15 is 0 Å². The van der Waals surface area contributed by atoms with Gasteiger partial charge in [0.25, 0.3) is 0 Å². The number of methoxy groups -OCH3 is 1. The zero-order valence-electron chi connectivity index (χ0n) is 12.7. The van der Waals surface area contributed by atoms with E-state index in [1.807, 2.05) is 0 Å². The lowest BCUT2D eigenvalue weighted by atomic mass is 10.1. The van der Waals surface area contributed by atoms with Gasteiger partial charge in [-0.05, 0) is 6.07 Å². The fourth-order valence-electron chi connectivity index (χ4n) is 1.96. The topological polar surface area (TPSA) is 88.4 Å². The molecule has 7 nitrogen and oxygen atoms in total. The summed E-state index contributed by atoms with van der Waals surface area (Å²) in [5.74, 6) is -0.512. The second-order valence-corrected chi connectivity index (χ2v) is 4.86. The van der Waals surface area contributed by atoms with Gasteiger partial charge in [0.15, 0.2) is 0 Å². The number of nitrogens with zero attached hydrogens (tertiary/aromatic N) is 2. The fraction of sp³-hybridized carbons (Fsp3) is 0.333. The quantitative estimate of drug-likeness (QED) is 0.721. The maximum Gasteiger partial charge on any atom is 0.319 e. The molecule has 0 bridgehead atoms. The third-order valence-corrected chi connectivity index (χ3v) is 3.14. The summed E-state index contributed by atoms with van der Waals surface area (Å²) in [7, 11) is 1.59. The number of aliphatic hydroxyl groups is 1. The van der Waals surface area contributed by atoms with Crippen LogP contribution in [0.1, 0.15) is 11.7 Å². The molecule has 0 unspecified atom stereocenters. The van der Waals surface area contributed by atoms with Crippen LogP contribution in [0.2, 0.25) is 0 Å². The van der Waals surface area contributed by atoms with Crippen LogP contribution < -0.4 is 10.6 Å². The lowest BCUT2D eigenvalue weighted by Crippen LogP contribution is -2.32. The van der Waals surface area contributed by atoms with E-state index in [2.05, 4.69) is 15.7 Å². The first-order valence-corrected chi connectivity index (χ1v) is 7.09. The normalized spacial score (nSPS) is 12.0. The molecule has 2 amide bonds. The number of nitrogens with one attached hydrogen (secondary N) is 2. The lowest BCUT2D eigenvalue weighted by molar-refractivity contribution is 0.170. The number of aromatic nitrogens is 2. The number of benzene rings is 1. The van der Waals surface area contributed by atoms with Gasteiger partial charge in [0.2, 0.25) is 0 Å². The predicted molar refractivity (Wildman–Crippen MR) is 82.5 cm³/mol. The van der Waals surface area contributed by atoms with Crippen LogP contribution in [-0.4, -0.2) is 41.2 Å². The second kappa shape index (κ2) is 8.25. The number of rotatable bonds is 7. The lowest BCUT2D eigenvalue weighted by Gasteiger charge is -2.13. The van der Waals surface area contributed by atoms with Gasteiger partial charge in [0.1, 0.15) is 5.82 Å². The number of ether oxygens (including phenoxy) is 1. The van der Waals surface area contributed by atoms with Gasteiger partial charge in [-0.3, -0.25) is 4.68 Å². The summed E-state index contributed by atoms with van der Waals surface area (Å²) in [6.45, 7) is 0.985. The average Bonchev–Trinajstić information content (AvgIpc) is 2.98. The van der Waals surface area contributed by atoms with Gasteiger partial charge >= 0.3 is 6.03 Å². The molecule has 0 radical (unpaired) electrons. The van der Waals surface area contributed by atoms with Crippen molar-refractivity contribution in [1.82, 2.24) is 15.1 Å². The molecular weight excluding hydrogens is 303 g/mol. The van der Waals surface area contributed by atoms with Gasteiger partial charge in [0, 0.05) is 25.4 Å². The summed E-state index contributed by atoms with van der Waals surface area (Å²) in [4.78, 5) is 11.8. The van der Waals surface area contributed by atoms with Gasteiger partial charge < -0.3 is 20.5 Å². The fourth-order valence-corrected chi connectivity index (χ4v) is 1.96. The highest BCUT2D eigenvalue weighted by atomic mass is 19.1. The van der Waals surface area contributed by atoms with E-state index < -0.39 is 18.0 Å². The Morgan fingerprint density at radius 2 is 2.26 bits per heavy atom. The van der Waals surface area contributed by atoms with Crippen LogP contribution in [0, 0.1) is 5.82 Å². The minimum Gasteiger partial charge on any atom is -0.386 e. The largest absolute Gasteiger partial charge is 0.386 e.